The number of ether oxygens (including phenoxy) is 1. The number of hydrogen-bond acceptors (Lipinski definition) is 8. The van der Waals surface area contributed by atoms with Crippen molar-refractivity contribution in [3.8, 4) is 17.7 Å². The van der Waals surface area contributed by atoms with Crippen LogP contribution in [0.1, 0.15) is 16.8 Å². The second-order valence-corrected chi connectivity index (χ2v) is 10.7. The maximum Gasteiger partial charge on any atom is 0.244 e. The Morgan fingerprint density at radius 2 is 1.72 bits per heavy atom. The maximum absolute atomic E-state index is 13.5. The van der Waals surface area contributed by atoms with Gasteiger partial charge in [-0.1, -0.05) is 12.1 Å². The van der Waals surface area contributed by atoms with Crippen molar-refractivity contribution in [2.75, 3.05) is 44.7 Å². The van der Waals surface area contributed by atoms with E-state index in [1.165, 1.54) is 40.7 Å². The van der Waals surface area contributed by atoms with Gasteiger partial charge >= 0.3 is 0 Å². The molecule has 1 aromatic heterocycles. The van der Waals surface area contributed by atoms with E-state index >= 15 is 0 Å². The Labute approximate surface area is 209 Å². The molecule has 0 amide bonds. The van der Waals surface area contributed by atoms with Gasteiger partial charge in [-0.05, 0) is 43.4 Å². The van der Waals surface area contributed by atoms with Crippen molar-refractivity contribution in [1.82, 2.24) is 19.2 Å². The van der Waals surface area contributed by atoms with Crippen molar-refractivity contribution in [2.45, 2.75) is 17.9 Å². The van der Waals surface area contributed by atoms with E-state index < -0.39 is 15.8 Å². The zero-order chi connectivity index (χ0) is 25.3. The Kier molecular flexibility index (Phi) is 6.57. The fraction of sp³-hybridized carbons (Fsp3) is 0.320. The van der Waals surface area contributed by atoms with Gasteiger partial charge in [0.05, 0.1) is 21.7 Å². The van der Waals surface area contributed by atoms with Gasteiger partial charge in [-0.2, -0.15) is 14.6 Å². The first-order valence-electron chi connectivity index (χ1n) is 11.6. The molecule has 2 aliphatic heterocycles. The summed E-state index contributed by atoms with van der Waals surface area (Å²) in [5.41, 5.74) is 1.37. The van der Waals surface area contributed by atoms with Gasteiger partial charge in [0.2, 0.25) is 21.9 Å². The van der Waals surface area contributed by atoms with Crippen LogP contribution in [0.3, 0.4) is 0 Å². The fourth-order valence-electron chi connectivity index (χ4n) is 4.32. The molecule has 0 aliphatic carbocycles. The van der Waals surface area contributed by atoms with Gasteiger partial charge in [-0.25, -0.2) is 17.8 Å². The Balaban J connectivity index is 1.52. The lowest BCUT2D eigenvalue weighted by Crippen LogP contribution is -2.45. The summed E-state index contributed by atoms with van der Waals surface area (Å²) in [5, 5.41) is 9.43. The molecule has 186 valence electrons. The average Bonchev–Trinajstić information content (AvgIpc) is 2.90. The van der Waals surface area contributed by atoms with Crippen LogP contribution in [-0.2, 0) is 23.0 Å². The number of aromatic nitrogens is 2. The standard InChI is InChI=1S/C25H25FN6O3S/c1-30-12-14-31(15-13-30)25-28-22-10-11-32(36(33,34)23-5-3-2-4-18(23)16-27)17-21(22)24(29-25)35-20-8-6-19(26)7-9-20/h2-9H,10-15,17H2,1H3. The number of nitrogens with zero attached hydrogens (tertiary/aromatic N) is 6. The lowest BCUT2D eigenvalue weighted by Gasteiger charge is -2.34. The molecule has 3 heterocycles. The van der Waals surface area contributed by atoms with Gasteiger partial charge < -0.3 is 14.5 Å². The average molecular weight is 509 g/mol. The summed E-state index contributed by atoms with van der Waals surface area (Å²) in [4.78, 5) is 13.7. The zero-order valence-electron chi connectivity index (χ0n) is 19.8. The van der Waals surface area contributed by atoms with Crippen LogP contribution in [-0.4, -0.2) is 67.4 Å². The van der Waals surface area contributed by atoms with Gasteiger partial charge in [-0.3, -0.25) is 0 Å². The molecule has 0 atom stereocenters. The van der Waals surface area contributed by atoms with E-state index in [4.69, 9.17) is 9.72 Å². The molecule has 0 saturated carbocycles. The minimum absolute atomic E-state index is 0.00300. The quantitative estimate of drug-likeness (QED) is 0.519. The summed E-state index contributed by atoms with van der Waals surface area (Å²) >= 11 is 0. The lowest BCUT2D eigenvalue weighted by molar-refractivity contribution is 0.310. The Morgan fingerprint density at radius 3 is 2.44 bits per heavy atom. The maximum atomic E-state index is 13.5. The number of fused-ring (bicyclic) bond motifs is 1. The highest BCUT2D eigenvalue weighted by atomic mass is 32.2. The molecular formula is C25H25FN6O3S. The summed E-state index contributed by atoms with van der Waals surface area (Å²) in [6.07, 6.45) is 0.367. The number of piperazine rings is 1. The minimum Gasteiger partial charge on any atom is -0.438 e. The van der Waals surface area contributed by atoms with Gasteiger partial charge in [0.15, 0.2) is 0 Å². The summed E-state index contributed by atoms with van der Waals surface area (Å²) < 4.78 is 47.8. The van der Waals surface area contributed by atoms with Crippen molar-refractivity contribution < 1.29 is 17.5 Å². The largest absolute Gasteiger partial charge is 0.438 e. The first kappa shape index (κ1) is 24.1. The van der Waals surface area contributed by atoms with Crippen LogP contribution in [0, 0.1) is 17.1 Å². The molecule has 2 aromatic carbocycles. The molecule has 1 saturated heterocycles. The van der Waals surface area contributed by atoms with Crippen molar-refractivity contribution in [3.05, 3.63) is 71.2 Å². The topological polar surface area (TPSA) is 103 Å². The summed E-state index contributed by atoms with van der Waals surface area (Å²) in [6, 6.07) is 13.7. The molecule has 1 fully saturated rings. The number of nitriles is 1. The van der Waals surface area contributed by atoms with Crippen molar-refractivity contribution in [1.29, 1.82) is 5.26 Å². The molecule has 0 N–H and O–H groups in total. The van der Waals surface area contributed by atoms with Crippen LogP contribution in [0.5, 0.6) is 11.6 Å². The van der Waals surface area contributed by atoms with Gasteiger partial charge in [0.25, 0.3) is 0 Å². The smallest absolute Gasteiger partial charge is 0.244 e. The Bertz CT molecular complexity index is 1420. The van der Waals surface area contributed by atoms with Gasteiger partial charge in [0, 0.05) is 45.7 Å². The fourth-order valence-corrected chi connectivity index (χ4v) is 5.87. The van der Waals surface area contributed by atoms with Crippen LogP contribution in [0.2, 0.25) is 0 Å². The normalized spacial score (nSPS) is 16.9. The number of likely N-dealkylation sites (N-methyl/N-ethyl adjacent to an activating group) is 1. The van der Waals surface area contributed by atoms with E-state index in [2.05, 4.69) is 21.8 Å². The van der Waals surface area contributed by atoms with E-state index in [9.17, 15) is 18.1 Å². The molecular weight excluding hydrogens is 483 g/mol. The molecule has 11 heteroatoms. The van der Waals surface area contributed by atoms with E-state index in [1.54, 1.807) is 12.1 Å². The predicted molar refractivity (Wildman–Crippen MR) is 131 cm³/mol. The lowest BCUT2D eigenvalue weighted by atomic mass is 10.1. The number of halogens is 1. The third-order valence-electron chi connectivity index (χ3n) is 6.42. The Hall–Kier alpha value is -3.59. The van der Waals surface area contributed by atoms with Gasteiger partial charge in [-0.15, -0.1) is 0 Å². The highest BCUT2D eigenvalue weighted by molar-refractivity contribution is 7.89. The number of sulfonamides is 1. The second-order valence-electron chi connectivity index (χ2n) is 8.80. The molecule has 36 heavy (non-hydrogen) atoms. The minimum atomic E-state index is -3.95. The van der Waals surface area contributed by atoms with Crippen LogP contribution >= 0.6 is 0 Å². The number of anilines is 1. The van der Waals surface area contributed by atoms with Crippen molar-refractivity contribution >= 4 is 16.0 Å². The molecule has 0 radical (unpaired) electrons. The summed E-state index contributed by atoms with van der Waals surface area (Å²) in [6.45, 7) is 3.48. The van der Waals surface area contributed by atoms with Crippen molar-refractivity contribution in [3.63, 3.8) is 0 Å². The first-order chi connectivity index (χ1) is 17.3. The van der Waals surface area contributed by atoms with E-state index in [0.29, 0.717) is 23.7 Å². The molecule has 2 aliphatic rings. The van der Waals surface area contributed by atoms with Crippen LogP contribution in [0.4, 0.5) is 10.3 Å². The monoisotopic (exact) mass is 508 g/mol. The molecule has 0 bridgehead atoms. The van der Waals surface area contributed by atoms with Crippen LogP contribution in [0.15, 0.2) is 53.4 Å². The highest BCUT2D eigenvalue weighted by Crippen LogP contribution is 2.34. The molecule has 3 aromatic rings. The van der Waals surface area contributed by atoms with Crippen molar-refractivity contribution in [2.24, 2.45) is 0 Å². The Morgan fingerprint density at radius 1 is 1.00 bits per heavy atom. The molecule has 0 spiro atoms. The second kappa shape index (κ2) is 9.81. The third-order valence-corrected chi connectivity index (χ3v) is 8.32. The van der Waals surface area contributed by atoms with Crippen LogP contribution < -0.4 is 9.64 Å². The number of hydrogen-bond donors (Lipinski definition) is 0. The third kappa shape index (κ3) is 4.75. The van der Waals surface area contributed by atoms with Crippen LogP contribution in [0.25, 0.3) is 0 Å². The van der Waals surface area contributed by atoms with E-state index in [1.807, 2.05) is 6.07 Å². The van der Waals surface area contributed by atoms with E-state index in [0.717, 1.165) is 31.9 Å². The number of rotatable bonds is 5. The van der Waals surface area contributed by atoms with Gasteiger partial charge in [0.1, 0.15) is 17.6 Å². The number of benzene rings is 2. The van der Waals surface area contributed by atoms with E-state index in [-0.39, 0.29) is 29.4 Å². The predicted octanol–water partition coefficient (Wildman–Crippen LogP) is 2.78. The zero-order valence-corrected chi connectivity index (χ0v) is 20.6. The first-order valence-corrected chi connectivity index (χ1v) is 13.0. The summed E-state index contributed by atoms with van der Waals surface area (Å²) in [5.74, 6) is 0.772. The molecule has 5 rings (SSSR count). The molecule has 9 nitrogen and oxygen atoms in total. The highest BCUT2D eigenvalue weighted by Gasteiger charge is 2.34. The summed E-state index contributed by atoms with van der Waals surface area (Å²) in [7, 11) is -1.88. The SMILES string of the molecule is CN1CCN(c2nc3c(c(Oc4ccc(F)cc4)n2)CN(S(=O)(=O)c2ccccc2C#N)CC3)CC1. The molecule has 0 unspecified atom stereocenters.